The molecule has 4 atom stereocenters. The number of aliphatic hydroxyl groups is 1. The zero-order chi connectivity index (χ0) is 30.3. The predicted octanol–water partition coefficient (Wildman–Crippen LogP) is 2.37. The lowest BCUT2D eigenvalue weighted by Gasteiger charge is -2.27. The first kappa shape index (κ1) is 31.7. The molecular formula is C32H45N3O7. The summed E-state index contributed by atoms with van der Waals surface area (Å²) in [4.78, 5) is 53.1. The van der Waals surface area contributed by atoms with Crippen LogP contribution in [0, 0.1) is 11.8 Å². The maximum absolute atomic E-state index is 13.7. The van der Waals surface area contributed by atoms with Gasteiger partial charge < -0.3 is 30.5 Å². The molecule has 1 aromatic rings. The molecule has 42 heavy (non-hydrogen) atoms. The van der Waals surface area contributed by atoms with Crippen molar-refractivity contribution in [2.75, 3.05) is 13.7 Å². The number of nitrogens with one attached hydrogen (secondary N) is 3. The van der Waals surface area contributed by atoms with Gasteiger partial charge in [-0.3, -0.25) is 19.2 Å². The molecule has 2 aliphatic carbocycles. The molecule has 0 radical (unpaired) electrons. The van der Waals surface area contributed by atoms with Crippen LogP contribution >= 0.6 is 0 Å². The molecule has 0 aromatic heterocycles. The number of rotatable bonds is 14. The van der Waals surface area contributed by atoms with Gasteiger partial charge in [0.1, 0.15) is 23.4 Å². The van der Waals surface area contributed by atoms with Gasteiger partial charge in [0.2, 0.25) is 17.7 Å². The summed E-state index contributed by atoms with van der Waals surface area (Å²) < 4.78 is 10.6. The molecule has 230 valence electrons. The van der Waals surface area contributed by atoms with Crippen LogP contribution in [0.2, 0.25) is 0 Å². The molecule has 4 N–H and O–H groups in total. The van der Waals surface area contributed by atoms with Crippen LogP contribution < -0.4 is 20.7 Å². The van der Waals surface area contributed by atoms with Gasteiger partial charge in [-0.2, -0.15) is 0 Å². The van der Waals surface area contributed by atoms with Gasteiger partial charge in [-0.05, 0) is 88.8 Å². The van der Waals surface area contributed by atoms with E-state index in [4.69, 9.17) is 9.47 Å². The third-order valence-electron chi connectivity index (χ3n) is 8.75. The van der Waals surface area contributed by atoms with Gasteiger partial charge in [0, 0.05) is 12.3 Å². The lowest BCUT2D eigenvalue weighted by atomic mass is 9.87. The second-order valence-electron chi connectivity index (χ2n) is 12.2. The molecule has 0 unspecified atom stereocenters. The minimum Gasteiger partial charge on any atom is -0.497 e. The van der Waals surface area contributed by atoms with Crippen molar-refractivity contribution in [2.45, 2.75) is 101 Å². The van der Waals surface area contributed by atoms with Crippen molar-refractivity contribution in [3.05, 3.63) is 42.0 Å². The monoisotopic (exact) mass is 583 g/mol. The predicted molar refractivity (Wildman–Crippen MR) is 157 cm³/mol. The Balaban J connectivity index is 1.44. The van der Waals surface area contributed by atoms with E-state index < -0.39 is 35.5 Å². The zero-order valence-corrected chi connectivity index (χ0v) is 24.9. The van der Waals surface area contributed by atoms with Crippen molar-refractivity contribution in [2.24, 2.45) is 11.8 Å². The maximum atomic E-state index is 13.7. The van der Waals surface area contributed by atoms with E-state index in [-0.39, 0.29) is 30.1 Å². The van der Waals surface area contributed by atoms with Crippen molar-refractivity contribution in [1.82, 2.24) is 16.0 Å². The molecule has 3 amide bonds. The van der Waals surface area contributed by atoms with Crippen LogP contribution in [-0.4, -0.2) is 72.2 Å². The van der Waals surface area contributed by atoms with Crippen molar-refractivity contribution in [1.29, 1.82) is 0 Å². The van der Waals surface area contributed by atoms with Gasteiger partial charge in [-0.15, -0.1) is 0 Å². The summed E-state index contributed by atoms with van der Waals surface area (Å²) in [6, 6.07) is 4.62. The standard InChI is InChI=1S/C32H45N3O7/c1-20(33-30(39)23-11-13-24(36)14-12-23)29(38)35-27(18-22-8-15-25(41-3)16-9-22)31(40)34-26(28(37)32(2)19-42-32)17-10-21-6-4-5-7-21/h4-5,8-9,15-16,20-21,23-24,26-27,36H,6-7,10-14,17-19H2,1-3H3,(H,33,39)(H,34,40)(H,35,38)/t20-,23-,24-,26+,27+,32-/m1/s1. The molecule has 1 saturated heterocycles. The molecular weight excluding hydrogens is 538 g/mol. The molecule has 1 aliphatic heterocycles. The van der Waals surface area contributed by atoms with E-state index in [0.717, 1.165) is 24.8 Å². The normalized spacial score (nSPS) is 25.6. The van der Waals surface area contributed by atoms with Crippen molar-refractivity contribution >= 4 is 23.5 Å². The first-order chi connectivity index (χ1) is 20.1. The second-order valence-corrected chi connectivity index (χ2v) is 12.2. The van der Waals surface area contributed by atoms with Crippen LogP contribution in [0.1, 0.15) is 70.8 Å². The molecule has 0 spiro atoms. The highest BCUT2D eigenvalue weighted by molar-refractivity contribution is 5.98. The van der Waals surface area contributed by atoms with E-state index in [1.54, 1.807) is 33.1 Å². The highest BCUT2D eigenvalue weighted by atomic mass is 16.6. The Bertz CT molecular complexity index is 1130. The number of ether oxygens (including phenoxy) is 2. The maximum Gasteiger partial charge on any atom is 0.243 e. The number of allylic oxidation sites excluding steroid dienone is 2. The van der Waals surface area contributed by atoms with Crippen LogP contribution in [0.15, 0.2) is 36.4 Å². The fourth-order valence-corrected chi connectivity index (χ4v) is 5.71. The molecule has 0 bridgehead atoms. The highest BCUT2D eigenvalue weighted by Crippen LogP contribution is 2.31. The average Bonchev–Trinajstić information content (AvgIpc) is 3.52. The molecule has 10 heteroatoms. The number of amides is 3. The number of ketones is 1. The number of hydrogen-bond donors (Lipinski definition) is 4. The third-order valence-corrected chi connectivity index (χ3v) is 8.75. The van der Waals surface area contributed by atoms with E-state index >= 15 is 0 Å². The number of epoxide rings is 1. The van der Waals surface area contributed by atoms with E-state index in [1.165, 1.54) is 0 Å². The van der Waals surface area contributed by atoms with E-state index in [9.17, 15) is 24.3 Å². The SMILES string of the molecule is COc1ccc(C[C@H](NC(=O)[C@@H](C)NC(=O)[C@H]2CC[C@H](O)CC2)C(=O)N[C@@H](CCC2CC=CC2)C(=O)[C@@]2(C)CO2)cc1. The first-order valence-corrected chi connectivity index (χ1v) is 15.1. The Hall–Kier alpha value is -3.24. The lowest BCUT2D eigenvalue weighted by Crippen LogP contribution is -2.57. The Morgan fingerprint density at radius 3 is 2.19 bits per heavy atom. The second kappa shape index (κ2) is 14.3. The number of carbonyl (C=O) groups is 4. The Labute approximate surface area is 248 Å². The largest absolute Gasteiger partial charge is 0.497 e. The van der Waals surface area contributed by atoms with E-state index in [2.05, 4.69) is 28.1 Å². The van der Waals surface area contributed by atoms with Gasteiger partial charge in [0.05, 0.1) is 25.9 Å². The van der Waals surface area contributed by atoms with Gasteiger partial charge >= 0.3 is 0 Å². The summed E-state index contributed by atoms with van der Waals surface area (Å²) in [6.07, 6.45) is 9.54. The fourth-order valence-electron chi connectivity index (χ4n) is 5.71. The molecule has 10 nitrogen and oxygen atoms in total. The first-order valence-electron chi connectivity index (χ1n) is 15.1. The Morgan fingerprint density at radius 1 is 0.976 bits per heavy atom. The Morgan fingerprint density at radius 2 is 1.60 bits per heavy atom. The lowest BCUT2D eigenvalue weighted by molar-refractivity contribution is -0.135. The van der Waals surface area contributed by atoms with Crippen LogP contribution in [-0.2, 0) is 30.3 Å². The van der Waals surface area contributed by atoms with Crippen LogP contribution in [0.3, 0.4) is 0 Å². The van der Waals surface area contributed by atoms with Gasteiger partial charge in [-0.25, -0.2) is 0 Å². The van der Waals surface area contributed by atoms with Crippen LogP contribution in [0.25, 0.3) is 0 Å². The fraction of sp³-hybridized carbons (Fsp3) is 0.625. The topological polar surface area (TPSA) is 146 Å². The average molecular weight is 584 g/mol. The summed E-state index contributed by atoms with van der Waals surface area (Å²) in [7, 11) is 1.57. The van der Waals surface area contributed by atoms with E-state index in [1.807, 2.05) is 12.1 Å². The molecule has 4 rings (SSSR count). The van der Waals surface area contributed by atoms with Gasteiger partial charge in [0.15, 0.2) is 5.78 Å². The summed E-state index contributed by atoms with van der Waals surface area (Å²) in [5, 5.41) is 18.3. The summed E-state index contributed by atoms with van der Waals surface area (Å²) in [5.74, 6) is -0.497. The number of aliphatic hydroxyl groups excluding tert-OH is 1. The summed E-state index contributed by atoms with van der Waals surface area (Å²) in [6.45, 7) is 3.65. The van der Waals surface area contributed by atoms with E-state index in [0.29, 0.717) is 50.4 Å². The van der Waals surface area contributed by atoms with Crippen molar-refractivity contribution in [3.8, 4) is 5.75 Å². The number of carbonyl (C=O) groups excluding carboxylic acids is 4. The van der Waals surface area contributed by atoms with Crippen LogP contribution in [0.4, 0.5) is 0 Å². The Kier molecular flexibility index (Phi) is 10.8. The number of benzene rings is 1. The molecule has 1 heterocycles. The molecule has 3 aliphatic rings. The minimum atomic E-state index is -0.980. The van der Waals surface area contributed by atoms with Gasteiger partial charge in [-0.1, -0.05) is 24.3 Å². The summed E-state index contributed by atoms with van der Waals surface area (Å²) in [5.41, 5.74) is -0.0970. The zero-order valence-electron chi connectivity index (χ0n) is 24.9. The molecule has 2 fully saturated rings. The minimum absolute atomic E-state index is 0.158. The van der Waals surface area contributed by atoms with Gasteiger partial charge in [0.25, 0.3) is 0 Å². The van der Waals surface area contributed by atoms with Crippen molar-refractivity contribution in [3.63, 3.8) is 0 Å². The summed E-state index contributed by atoms with van der Waals surface area (Å²) >= 11 is 0. The smallest absolute Gasteiger partial charge is 0.243 e. The number of Topliss-reactive ketones (excluding diaryl/α,β-unsaturated/α-hetero) is 1. The molecule has 1 saturated carbocycles. The number of methoxy groups -OCH3 is 1. The van der Waals surface area contributed by atoms with Crippen molar-refractivity contribution < 1.29 is 33.8 Å². The number of hydrogen-bond acceptors (Lipinski definition) is 7. The highest BCUT2D eigenvalue weighted by Gasteiger charge is 2.50. The van der Waals surface area contributed by atoms with Crippen LogP contribution in [0.5, 0.6) is 5.75 Å². The third kappa shape index (κ3) is 8.64. The molecule has 1 aromatic carbocycles. The quantitative estimate of drug-likeness (QED) is 0.194.